The van der Waals surface area contributed by atoms with Gasteiger partial charge in [0, 0.05) is 25.9 Å². The molecular weight excluding hydrogens is 522 g/mol. The van der Waals surface area contributed by atoms with Crippen molar-refractivity contribution >= 4 is 17.5 Å². The lowest BCUT2D eigenvalue weighted by molar-refractivity contribution is -0.143. The average Bonchev–Trinajstić information content (AvgIpc) is 2.82. The fourth-order valence-corrected chi connectivity index (χ4v) is 3.99. The van der Waals surface area contributed by atoms with Crippen molar-refractivity contribution in [3.05, 3.63) is 87.7 Å². The molecule has 0 bridgehead atoms. The lowest BCUT2D eigenvalue weighted by Gasteiger charge is -2.27. The molecule has 0 radical (unpaired) electrons. The highest BCUT2D eigenvalue weighted by Gasteiger charge is 2.37. The maximum atomic E-state index is 13.7. The topological polar surface area (TPSA) is 53.4 Å². The van der Waals surface area contributed by atoms with E-state index < -0.39 is 41.8 Å². The van der Waals surface area contributed by atoms with Crippen LogP contribution in [-0.2, 0) is 18.9 Å². The third-order valence-electron chi connectivity index (χ3n) is 5.63. The first-order valence-corrected chi connectivity index (χ1v) is 11.5. The highest BCUT2D eigenvalue weighted by Crippen LogP contribution is 2.37. The summed E-state index contributed by atoms with van der Waals surface area (Å²) < 4.78 is 80.3. The number of rotatable bonds is 7. The van der Waals surface area contributed by atoms with Crippen LogP contribution < -0.4 is 0 Å². The molecular formula is C26H23ClF6N2O2. The third-order valence-corrected chi connectivity index (χ3v) is 5.92. The summed E-state index contributed by atoms with van der Waals surface area (Å²) in [6.45, 7) is 2.34. The van der Waals surface area contributed by atoms with Gasteiger partial charge in [-0.2, -0.15) is 26.3 Å². The molecule has 0 aliphatic heterocycles. The number of alkyl halides is 6. The minimum Gasteiger partial charge on any atom is -0.396 e. The van der Waals surface area contributed by atoms with Gasteiger partial charge in [0.15, 0.2) is 0 Å². The van der Waals surface area contributed by atoms with Gasteiger partial charge in [-0.15, -0.1) is 0 Å². The summed E-state index contributed by atoms with van der Waals surface area (Å²) in [5, 5.41) is 9.37. The van der Waals surface area contributed by atoms with E-state index in [0.717, 1.165) is 10.5 Å². The van der Waals surface area contributed by atoms with E-state index >= 15 is 0 Å². The van der Waals surface area contributed by atoms with Crippen LogP contribution in [0.4, 0.5) is 26.3 Å². The quantitative estimate of drug-likeness (QED) is 0.257. The molecule has 37 heavy (non-hydrogen) atoms. The summed E-state index contributed by atoms with van der Waals surface area (Å²) in [5.74, 6) is -1.28. The van der Waals surface area contributed by atoms with Crippen molar-refractivity contribution in [2.75, 3.05) is 13.2 Å². The molecule has 1 aromatic heterocycles. The van der Waals surface area contributed by atoms with E-state index in [4.69, 9.17) is 11.6 Å². The van der Waals surface area contributed by atoms with Gasteiger partial charge in [0.2, 0.25) is 0 Å². The molecule has 0 saturated heterocycles. The first kappa shape index (κ1) is 28.5. The zero-order valence-electron chi connectivity index (χ0n) is 19.8. The first-order chi connectivity index (χ1) is 17.2. The Labute approximate surface area is 214 Å². The Bertz CT molecular complexity index is 1230. The Kier molecular flexibility index (Phi) is 8.54. The van der Waals surface area contributed by atoms with Crippen LogP contribution in [0.15, 0.2) is 54.7 Å². The number of pyridine rings is 1. The molecule has 0 unspecified atom stereocenters. The number of aromatic nitrogens is 1. The lowest BCUT2D eigenvalue weighted by Crippen LogP contribution is -2.36. The Morgan fingerprint density at radius 2 is 1.57 bits per heavy atom. The molecule has 1 heterocycles. The molecule has 0 aliphatic carbocycles. The normalized spacial score (nSPS) is 12.9. The van der Waals surface area contributed by atoms with Crippen molar-refractivity contribution in [1.82, 2.24) is 9.88 Å². The van der Waals surface area contributed by atoms with Crippen molar-refractivity contribution in [2.24, 2.45) is 5.92 Å². The second-order valence-electron chi connectivity index (χ2n) is 8.78. The summed E-state index contributed by atoms with van der Waals surface area (Å²) in [7, 11) is 0. The van der Waals surface area contributed by atoms with Crippen molar-refractivity contribution in [2.45, 2.75) is 32.7 Å². The Morgan fingerprint density at radius 1 is 1.00 bits per heavy atom. The lowest BCUT2D eigenvalue weighted by atomic mass is 9.99. The van der Waals surface area contributed by atoms with Crippen molar-refractivity contribution in [3.63, 3.8) is 0 Å². The molecule has 3 aromatic rings. The summed E-state index contributed by atoms with van der Waals surface area (Å²) in [5.41, 5.74) is -1.43. The van der Waals surface area contributed by atoms with Crippen LogP contribution >= 0.6 is 11.6 Å². The molecule has 0 fully saturated rings. The number of aliphatic hydroxyl groups is 1. The molecule has 3 rings (SSSR count). The summed E-state index contributed by atoms with van der Waals surface area (Å²) in [4.78, 5) is 18.7. The third kappa shape index (κ3) is 7.01. The van der Waals surface area contributed by atoms with E-state index in [-0.39, 0.29) is 35.5 Å². The van der Waals surface area contributed by atoms with E-state index in [9.17, 15) is 36.2 Å². The Hall–Kier alpha value is -3.11. The van der Waals surface area contributed by atoms with Gasteiger partial charge >= 0.3 is 12.4 Å². The summed E-state index contributed by atoms with van der Waals surface area (Å²) >= 11 is 6.29. The molecule has 11 heteroatoms. The Morgan fingerprint density at radius 3 is 2.08 bits per heavy atom. The largest absolute Gasteiger partial charge is 0.416 e. The van der Waals surface area contributed by atoms with E-state index in [0.29, 0.717) is 23.3 Å². The molecule has 0 aliphatic rings. The van der Waals surface area contributed by atoms with Gasteiger partial charge < -0.3 is 10.0 Å². The minimum absolute atomic E-state index is 0.0273. The van der Waals surface area contributed by atoms with Gasteiger partial charge in [-0.25, -0.2) is 4.98 Å². The number of aryl methyl sites for hydroxylation is 1. The second-order valence-corrected chi connectivity index (χ2v) is 9.14. The van der Waals surface area contributed by atoms with Crippen LogP contribution in [0.2, 0.25) is 5.15 Å². The van der Waals surface area contributed by atoms with Crippen LogP contribution in [-0.4, -0.2) is 34.0 Å². The molecule has 0 spiro atoms. The number of carbonyl (C=O) groups is 1. The zero-order valence-corrected chi connectivity index (χ0v) is 20.5. The highest BCUT2D eigenvalue weighted by molar-refractivity contribution is 6.33. The number of hydrogen-bond donors (Lipinski definition) is 1. The van der Waals surface area contributed by atoms with Crippen molar-refractivity contribution < 1.29 is 36.2 Å². The summed E-state index contributed by atoms with van der Waals surface area (Å²) in [6.07, 6.45) is -8.68. The van der Waals surface area contributed by atoms with Gasteiger partial charge in [-0.3, -0.25) is 4.79 Å². The van der Waals surface area contributed by atoms with E-state index in [1.807, 2.05) is 19.1 Å². The maximum absolute atomic E-state index is 13.7. The zero-order chi connectivity index (χ0) is 27.5. The predicted molar refractivity (Wildman–Crippen MR) is 127 cm³/mol. The van der Waals surface area contributed by atoms with E-state index in [1.165, 1.54) is 6.20 Å². The van der Waals surface area contributed by atoms with Crippen LogP contribution in [0.3, 0.4) is 0 Å². The van der Waals surface area contributed by atoms with Crippen molar-refractivity contribution in [3.8, 4) is 11.1 Å². The van der Waals surface area contributed by atoms with E-state index in [1.54, 1.807) is 25.1 Å². The number of benzene rings is 2. The molecule has 1 N–H and O–H groups in total. The number of hydrogen-bond acceptors (Lipinski definition) is 3. The van der Waals surface area contributed by atoms with Crippen LogP contribution in [0, 0.1) is 12.8 Å². The molecule has 4 nitrogen and oxygen atoms in total. The van der Waals surface area contributed by atoms with E-state index in [2.05, 4.69) is 4.98 Å². The van der Waals surface area contributed by atoms with Gasteiger partial charge in [0.1, 0.15) is 5.15 Å². The fraction of sp³-hybridized carbons (Fsp3) is 0.308. The average molecular weight is 545 g/mol. The maximum Gasteiger partial charge on any atom is 0.416 e. The minimum atomic E-state index is -5.03. The number of amides is 1. The summed E-state index contributed by atoms with van der Waals surface area (Å²) in [6, 6.07) is 9.84. The van der Waals surface area contributed by atoms with Crippen LogP contribution in [0.25, 0.3) is 11.1 Å². The monoisotopic (exact) mass is 544 g/mol. The standard InChI is InChI=1S/C26H23ClF6N2O2/c1-15-3-5-18(6-4-15)21-7-8-34-23(27)22(21)24(37)35(12-16(2)14-36)13-17-9-19(25(28,29)30)11-20(10-17)26(31,32)33/h3-11,16,36H,12-14H2,1-2H3/t16-/m0/s1. The molecule has 2 aromatic carbocycles. The molecule has 0 saturated carbocycles. The molecule has 1 amide bonds. The Balaban J connectivity index is 2.11. The highest BCUT2D eigenvalue weighted by atomic mass is 35.5. The second kappa shape index (κ2) is 11.1. The van der Waals surface area contributed by atoms with Gasteiger partial charge in [0.05, 0.1) is 16.7 Å². The number of halogens is 7. The SMILES string of the molecule is Cc1ccc(-c2ccnc(Cl)c2C(=O)N(Cc2cc(C(F)(F)F)cc(C(F)(F)F)c2)C[C@H](C)CO)cc1. The van der Waals surface area contributed by atoms with Crippen LogP contribution in [0.1, 0.15) is 39.5 Å². The van der Waals surface area contributed by atoms with Gasteiger partial charge in [-0.1, -0.05) is 48.4 Å². The smallest absolute Gasteiger partial charge is 0.396 e. The first-order valence-electron chi connectivity index (χ1n) is 11.1. The predicted octanol–water partition coefficient (Wildman–Crippen LogP) is 7.02. The van der Waals surface area contributed by atoms with Crippen molar-refractivity contribution in [1.29, 1.82) is 0 Å². The van der Waals surface area contributed by atoms with Crippen LogP contribution in [0.5, 0.6) is 0 Å². The number of aliphatic hydroxyl groups excluding tert-OH is 1. The number of nitrogens with zero attached hydrogens (tertiary/aromatic N) is 2. The van der Waals surface area contributed by atoms with Gasteiger partial charge in [0.25, 0.3) is 5.91 Å². The van der Waals surface area contributed by atoms with Gasteiger partial charge in [-0.05, 0) is 53.8 Å². The molecule has 198 valence electrons. The number of carbonyl (C=O) groups excluding carboxylic acids is 1. The fourth-order valence-electron chi connectivity index (χ4n) is 3.76. The molecule has 1 atom stereocenters.